The highest BCUT2D eigenvalue weighted by atomic mass is 19.1. The maximum Gasteiger partial charge on any atom is 0.314 e. The number of benzene rings is 2. The Morgan fingerprint density at radius 3 is 2.60 bits per heavy atom. The lowest BCUT2D eigenvalue weighted by atomic mass is 10.2. The third-order valence-corrected chi connectivity index (χ3v) is 2.45. The Morgan fingerprint density at radius 2 is 1.95 bits per heavy atom. The molecule has 0 bridgehead atoms. The van der Waals surface area contributed by atoms with Gasteiger partial charge in [0.05, 0.1) is 16.6 Å². The Labute approximate surface area is 111 Å². The molecule has 0 N–H and O–H groups in total. The molecule has 0 spiro atoms. The fourth-order valence-electron chi connectivity index (χ4n) is 1.56. The molecule has 7 heteroatoms. The van der Waals surface area contributed by atoms with Crippen LogP contribution in [0.15, 0.2) is 36.4 Å². The maximum atomic E-state index is 13.6. The summed E-state index contributed by atoms with van der Waals surface area (Å²) in [6, 6.07) is 6.21. The van der Waals surface area contributed by atoms with Crippen LogP contribution in [0, 0.1) is 21.7 Å². The van der Waals surface area contributed by atoms with Crippen molar-refractivity contribution in [2.24, 2.45) is 0 Å². The van der Waals surface area contributed by atoms with Crippen LogP contribution in [0.5, 0.6) is 11.5 Å². The summed E-state index contributed by atoms with van der Waals surface area (Å²) < 4.78 is 31.7. The largest absolute Gasteiger partial charge is 0.446 e. The van der Waals surface area contributed by atoms with Gasteiger partial charge in [-0.1, -0.05) is 6.07 Å². The third-order valence-electron chi connectivity index (χ3n) is 2.45. The predicted molar refractivity (Wildman–Crippen MR) is 64.9 cm³/mol. The second-order valence-electron chi connectivity index (χ2n) is 3.75. The molecule has 20 heavy (non-hydrogen) atoms. The Kier molecular flexibility index (Phi) is 3.69. The Bertz CT molecular complexity index is 688. The lowest BCUT2D eigenvalue weighted by Gasteiger charge is -2.09. The summed E-state index contributed by atoms with van der Waals surface area (Å²) in [5.41, 5.74) is -0.770. The van der Waals surface area contributed by atoms with Crippen molar-refractivity contribution in [2.75, 3.05) is 0 Å². The summed E-state index contributed by atoms with van der Waals surface area (Å²) in [7, 11) is 0. The van der Waals surface area contributed by atoms with E-state index in [1.165, 1.54) is 12.1 Å². The van der Waals surface area contributed by atoms with E-state index >= 15 is 0 Å². The van der Waals surface area contributed by atoms with E-state index < -0.39 is 28.0 Å². The minimum absolute atomic E-state index is 0.108. The zero-order chi connectivity index (χ0) is 14.7. The summed E-state index contributed by atoms with van der Waals surface area (Å²) in [6.07, 6.45) is 0.355. The van der Waals surface area contributed by atoms with Crippen molar-refractivity contribution in [3.63, 3.8) is 0 Å². The number of hydrogen-bond acceptors (Lipinski definition) is 4. The highest BCUT2D eigenvalue weighted by Crippen LogP contribution is 2.34. The Balaban J connectivity index is 2.50. The van der Waals surface area contributed by atoms with Gasteiger partial charge in [-0.25, -0.2) is 8.78 Å². The van der Waals surface area contributed by atoms with E-state index in [4.69, 9.17) is 4.74 Å². The van der Waals surface area contributed by atoms with Crippen molar-refractivity contribution in [3.05, 3.63) is 63.7 Å². The maximum absolute atomic E-state index is 13.6. The van der Waals surface area contributed by atoms with Gasteiger partial charge in [0.2, 0.25) is 5.75 Å². The van der Waals surface area contributed by atoms with Crippen LogP contribution in [0.2, 0.25) is 0 Å². The molecule has 0 atom stereocenters. The van der Waals surface area contributed by atoms with Crippen LogP contribution in [0.4, 0.5) is 14.5 Å². The molecule has 0 amide bonds. The SMILES string of the molecule is O=Cc1cccc(F)c1Oc1ccc(F)cc1[N+](=O)[O-]. The molecule has 0 aliphatic heterocycles. The fourth-order valence-corrected chi connectivity index (χ4v) is 1.56. The summed E-state index contributed by atoms with van der Waals surface area (Å²) in [6.45, 7) is 0. The van der Waals surface area contributed by atoms with Gasteiger partial charge in [0.25, 0.3) is 0 Å². The van der Waals surface area contributed by atoms with E-state index in [-0.39, 0.29) is 11.3 Å². The number of aldehydes is 1. The number of hydrogen-bond donors (Lipinski definition) is 0. The van der Waals surface area contributed by atoms with Gasteiger partial charge in [-0.2, -0.15) is 0 Å². The number of carbonyl (C=O) groups excluding carboxylic acids is 1. The van der Waals surface area contributed by atoms with Crippen molar-refractivity contribution in [2.45, 2.75) is 0 Å². The van der Waals surface area contributed by atoms with Gasteiger partial charge in [0.1, 0.15) is 5.82 Å². The molecule has 0 aliphatic carbocycles. The molecule has 2 aromatic rings. The molecular weight excluding hydrogens is 272 g/mol. The van der Waals surface area contributed by atoms with E-state index in [1.54, 1.807) is 0 Å². The van der Waals surface area contributed by atoms with Crippen LogP contribution >= 0.6 is 0 Å². The van der Waals surface area contributed by atoms with Crippen LogP contribution in [-0.2, 0) is 0 Å². The van der Waals surface area contributed by atoms with Gasteiger partial charge in [-0.15, -0.1) is 0 Å². The van der Waals surface area contributed by atoms with E-state index in [0.29, 0.717) is 12.4 Å². The van der Waals surface area contributed by atoms with Crippen LogP contribution in [-0.4, -0.2) is 11.2 Å². The second-order valence-corrected chi connectivity index (χ2v) is 3.75. The number of para-hydroxylation sites is 1. The smallest absolute Gasteiger partial charge is 0.314 e. The molecule has 102 valence electrons. The van der Waals surface area contributed by atoms with Crippen LogP contribution < -0.4 is 4.74 Å². The third kappa shape index (κ3) is 2.61. The molecule has 0 unspecified atom stereocenters. The number of halogens is 2. The molecule has 0 aromatic heterocycles. The molecule has 0 saturated heterocycles. The van der Waals surface area contributed by atoms with Gasteiger partial charge >= 0.3 is 5.69 Å². The molecule has 0 saturated carbocycles. The number of rotatable bonds is 4. The van der Waals surface area contributed by atoms with Gasteiger partial charge in [0.15, 0.2) is 17.9 Å². The number of ether oxygens (including phenoxy) is 1. The summed E-state index contributed by atoms with van der Waals surface area (Å²) in [5, 5.41) is 10.8. The summed E-state index contributed by atoms with van der Waals surface area (Å²) >= 11 is 0. The van der Waals surface area contributed by atoms with Crippen LogP contribution in [0.1, 0.15) is 10.4 Å². The first-order valence-corrected chi connectivity index (χ1v) is 5.38. The molecule has 0 fully saturated rings. The Morgan fingerprint density at radius 1 is 1.20 bits per heavy atom. The van der Waals surface area contributed by atoms with Crippen molar-refractivity contribution in [3.8, 4) is 11.5 Å². The first kappa shape index (κ1) is 13.6. The number of nitrogens with zero attached hydrogens (tertiary/aromatic N) is 1. The first-order chi connectivity index (χ1) is 9.52. The lowest BCUT2D eigenvalue weighted by Crippen LogP contribution is -1.98. The molecule has 0 radical (unpaired) electrons. The lowest BCUT2D eigenvalue weighted by molar-refractivity contribution is -0.385. The fraction of sp³-hybridized carbons (Fsp3) is 0. The number of nitro groups is 1. The van der Waals surface area contributed by atoms with Crippen molar-refractivity contribution in [1.82, 2.24) is 0 Å². The molecule has 5 nitrogen and oxygen atoms in total. The highest BCUT2D eigenvalue weighted by molar-refractivity contribution is 5.79. The van der Waals surface area contributed by atoms with E-state index in [2.05, 4.69) is 0 Å². The zero-order valence-corrected chi connectivity index (χ0v) is 9.88. The van der Waals surface area contributed by atoms with Gasteiger partial charge in [0, 0.05) is 0 Å². The highest BCUT2D eigenvalue weighted by Gasteiger charge is 2.19. The Hall–Kier alpha value is -2.83. The average molecular weight is 279 g/mol. The zero-order valence-electron chi connectivity index (χ0n) is 9.88. The molecule has 2 rings (SSSR count). The molecule has 0 heterocycles. The molecule has 0 aliphatic rings. The normalized spacial score (nSPS) is 10.1. The van der Waals surface area contributed by atoms with Gasteiger partial charge in [-0.3, -0.25) is 14.9 Å². The van der Waals surface area contributed by atoms with Crippen molar-refractivity contribution in [1.29, 1.82) is 0 Å². The minimum Gasteiger partial charge on any atom is -0.446 e. The first-order valence-electron chi connectivity index (χ1n) is 5.38. The van der Waals surface area contributed by atoms with Crippen LogP contribution in [0.25, 0.3) is 0 Å². The monoisotopic (exact) mass is 279 g/mol. The van der Waals surface area contributed by atoms with E-state index in [9.17, 15) is 23.7 Å². The predicted octanol–water partition coefficient (Wildman–Crippen LogP) is 3.48. The van der Waals surface area contributed by atoms with E-state index in [1.807, 2.05) is 0 Å². The molecule has 2 aromatic carbocycles. The van der Waals surface area contributed by atoms with Gasteiger partial charge < -0.3 is 4.74 Å². The summed E-state index contributed by atoms with van der Waals surface area (Å²) in [4.78, 5) is 20.7. The quantitative estimate of drug-likeness (QED) is 0.488. The average Bonchev–Trinajstić information content (AvgIpc) is 2.42. The second kappa shape index (κ2) is 5.43. The van der Waals surface area contributed by atoms with Crippen molar-refractivity contribution >= 4 is 12.0 Å². The summed E-state index contributed by atoms with van der Waals surface area (Å²) in [5.74, 6) is -2.48. The number of nitro benzene ring substituents is 1. The number of carbonyl (C=O) groups is 1. The topological polar surface area (TPSA) is 69.4 Å². The standard InChI is InChI=1S/C13H7F2NO4/c14-9-4-5-12(11(6-9)16(18)19)20-13-8(7-17)2-1-3-10(13)15/h1-7H. The minimum atomic E-state index is -0.861. The van der Waals surface area contributed by atoms with Gasteiger partial charge in [-0.05, 0) is 24.3 Å². The van der Waals surface area contributed by atoms with Crippen molar-refractivity contribution < 1.29 is 23.2 Å². The molecular formula is C13H7F2NO4. The van der Waals surface area contributed by atoms with Crippen LogP contribution in [0.3, 0.4) is 0 Å². The van der Waals surface area contributed by atoms with E-state index in [0.717, 1.165) is 18.2 Å².